The summed E-state index contributed by atoms with van der Waals surface area (Å²) in [6.45, 7) is 4.11. The molecule has 2 aromatic heterocycles. The van der Waals surface area contributed by atoms with Crippen molar-refractivity contribution >= 4 is 23.2 Å². The number of piperidine rings is 1. The molecule has 0 spiro atoms. The first kappa shape index (κ1) is 20.4. The first-order chi connectivity index (χ1) is 13.7. The van der Waals surface area contributed by atoms with Gasteiger partial charge in [-0.15, -0.1) is 11.3 Å². The number of carbonyl (C=O) groups is 2. The third-order valence-corrected chi connectivity index (χ3v) is 5.87. The summed E-state index contributed by atoms with van der Waals surface area (Å²) >= 11 is 1.44. The van der Waals surface area contributed by atoms with Gasteiger partial charge >= 0.3 is 0 Å². The lowest BCUT2D eigenvalue weighted by Gasteiger charge is -2.32. The standard InChI is InChI=1S/C19H28N6O2S/c1-2-3-4-5-8-20-18(27)14-7-6-9-25(11-14)16(26)10-15-12-28-19(23-15)17-21-13-22-24-17/h12-14H,2-11H2,1H3,(H,20,27)(H,21,22,24). The number of nitrogens with one attached hydrogen (secondary N) is 2. The predicted molar refractivity (Wildman–Crippen MR) is 108 cm³/mol. The van der Waals surface area contributed by atoms with Gasteiger partial charge in [-0.25, -0.2) is 9.97 Å². The van der Waals surface area contributed by atoms with E-state index in [-0.39, 0.29) is 24.2 Å². The number of rotatable bonds is 9. The second-order valence-electron chi connectivity index (χ2n) is 7.19. The van der Waals surface area contributed by atoms with E-state index < -0.39 is 0 Å². The molecule has 0 bridgehead atoms. The van der Waals surface area contributed by atoms with E-state index in [1.807, 2.05) is 5.38 Å². The molecule has 1 aliphatic rings. The van der Waals surface area contributed by atoms with E-state index in [1.54, 1.807) is 4.90 Å². The van der Waals surface area contributed by atoms with Gasteiger partial charge in [-0.2, -0.15) is 5.10 Å². The second kappa shape index (κ2) is 10.3. The Bertz CT molecular complexity index is 760. The number of hydrogen-bond acceptors (Lipinski definition) is 6. The Kier molecular flexibility index (Phi) is 7.53. The molecule has 2 amide bonds. The van der Waals surface area contributed by atoms with Gasteiger partial charge in [-0.1, -0.05) is 26.2 Å². The zero-order chi connectivity index (χ0) is 19.8. The molecule has 3 rings (SSSR count). The highest BCUT2D eigenvalue weighted by atomic mass is 32.1. The number of thiazole rings is 1. The van der Waals surface area contributed by atoms with E-state index >= 15 is 0 Å². The Hall–Kier alpha value is -2.29. The minimum atomic E-state index is -0.107. The summed E-state index contributed by atoms with van der Waals surface area (Å²) in [5, 5.41) is 12.2. The molecule has 1 fully saturated rings. The Labute approximate surface area is 169 Å². The van der Waals surface area contributed by atoms with Gasteiger partial charge in [0.1, 0.15) is 6.33 Å². The minimum absolute atomic E-state index is 0.0230. The molecule has 8 nitrogen and oxygen atoms in total. The van der Waals surface area contributed by atoms with Crippen molar-refractivity contribution in [1.29, 1.82) is 0 Å². The summed E-state index contributed by atoms with van der Waals surface area (Å²) < 4.78 is 0. The number of hydrogen-bond donors (Lipinski definition) is 2. The van der Waals surface area contributed by atoms with Gasteiger partial charge < -0.3 is 10.2 Å². The minimum Gasteiger partial charge on any atom is -0.356 e. The molecule has 0 aromatic carbocycles. The lowest BCUT2D eigenvalue weighted by molar-refractivity contribution is -0.135. The molecule has 0 radical (unpaired) electrons. The first-order valence-electron chi connectivity index (χ1n) is 10.0. The third kappa shape index (κ3) is 5.60. The normalized spacial score (nSPS) is 16.9. The van der Waals surface area contributed by atoms with Crippen molar-refractivity contribution in [1.82, 2.24) is 30.4 Å². The fraction of sp³-hybridized carbons (Fsp3) is 0.632. The Morgan fingerprint density at radius 3 is 3.04 bits per heavy atom. The van der Waals surface area contributed by atoms with Crippen molar-refractivity contribution in [3.05, 3.63) is 17.4 Å². The summed E-state index contributed by atoms with van der Waals surface area (Å²) in [7, 11) is 0. The van der Waals surface area contributed by atoms with Crippen LogP contribution in [0, 0.1) is 5.92 Å². The van der Waals surface area contributed by atoms with Gasteiger partial charge in [-0.3, -0.25) is 14.7 Å². The van der Waals surface area contributed by atoms with E-state index in [1.165, 1.54) is 30.5 Å². The van der Waals surface area contributed by atoms with E-state index in [2.05, 4.69) is 32.4 Å². The van der Waals surface area contributed by atoms with Crippen molar-refractivity contribution < 1.29 is 9.59 Å². The zero-order valence-electron chi connectivity index (χ0n) is 16.3. The van der Waals surface area contributed by atoms with Gasteiger partial charge in [0.25, 0.3) is 0 Å². The van der Waals surface area contributed by atoms with Gasteiger partial charge in [0, 0.05) is 25.0 Å². The van der Waals surface area contributed by atoms with E-state index in [0.717, 1.165) is 42.9 Å². The van der Waals surface area contributed by atoms with Crippen LogP contribution >= 0.6 is 11.3 Å². The van der Waals surface area contributed by atoms with Crippen LogP contribution in [0.4, 0.5) is 0 Å². The second-order valence-corrected chi connectivity index (χ2v) is 8.04. The first-order valence-corrected chi connectivity index (χ1v) is 10.9. The quantitative estimate of drug-likeness (QED) is 0.625. The molecule has 1 atom stereocenters. The SMILES string of the molecule is CCCCCCNC(=O)C1CCCN(C(=O)Cc2csc(-c3ncn[nH]3)n2)C1. The molecular weight excluding hydrogens is 376 g/mol. The maximum absolute atomic E-state index is 12.7. The van der Waals surface area contributed by atoms with Crippen molar-refractivity contribution in [3.8, 4) is 10.8 Å². The highest BCUT2D eigenvalue weighted by Gasteiger charge is 2.28. The molecule has 1 unspecified atom stereocenters. The molecule has 2 N–H and O–H groups in total. The summed E-state index contributed by atoms with van der Waals surface area (Å²) in [4.78, 5) is 35.5. The van der Waals surface area contributed by atoms with Crippen LogP contribution in [0.5, 0.6) is 0 Å². The molecule has 1 saturated heterocycles. The molecule has 152 valence electrons. The lowest BCUT2D eigenvalue weighted by Crippen LogP contribution is -2.46. The number of aromatic amines is 1. The molecule has 28 heavy (non-hydrogen) atoms. The van der Waals surface area contributed by atoms with Crippen LogP contribution < -0.4 is 5.32 Å². The highest BCUT2D eigenvalue weighted by molar-refractivity contribution is 7.13. The van der Waals surface area contributed by atoms with Gasteiger partial charge in [-0.05, 0) is 19.3 Å². The van der Waals surface area contributed by atoms with E-state index in [4.69, 9.17) is 0 Å². The van der Waals surface area contributed by atoms with Crippen LogP contribution in [0.2, 0.25) is 0 Å². The van der Waals surface area contributed by atoms with Crippen molar-refractivity contribution in [2.24, 2.45) is 5.92 Å². The maximum Gasteiger partial charge on any atom is 0.228 e. The fourth-order valence-electron chi connectivity index (χ4n) is 3.40. The zero-order valence-corrected chi connectivity index (χ0v) is 17.1. The van der Waals surface area contributed by atoms with Crippen molar-refractivity contribution in [3.63, 3.8) is 0 Å². The molecular formula is C19H28N6O2S. The average molecular weight is 405 g/mol. The summed E-state index contributed by atoms with van der Waals surface area (Å²) in [6, 6.07) is 0. The Balaban J connectivity index is 1.47. The average Bonchev–Trinajstić information content (AvgIpc) is 3.39. The van der Waals surface area contributed by atoms with Crippen LogP contribution in [-0.2, 0) is 16.0 Å². The topological polar surface area (TPSA) is 104 Å². The summed E-state index contributed by atoms with van der Waals surface area (Å²) in [5.74, 6) is 0.603. The molecule has 3 heterocycles. The lowest BCUT2D eigenvalue weighted by atomic mass is 9.96. The molecule has 0 saturated carbocycles. The molecule has 2 aromatic rings. The predicted octanol–water partition coefficient (Wildman–Crippen LogP) is 2.41. The van der Waals surface area contributed by atoms with E-state index in [0.29, 0.717) is 18.9 Å². The Morgan fingerprint density at radius 2 is 2.25 bits per heavy atom. The van der Waals surface area contributed by atoms with Crippen LogP contribution in [0.15, 0.2) is 11.7 Å². The largest absolute Gasteiger partial charge is 0.356 e. The molecule has 0 aliphatic carbocycles. The van der Waals surface area contributed by atoms with Crippen molar-refractivity contribution in [2.45, 2.75) is 51.9 Å². The van der Waals surface area contributed by atoms with Crippen LogP contribution in [-0.4, -0.2) is 56.5 Å². The number of H-pyrrole nitrogens is 1. The van der Waals surface area contributed by atoms with Gasteiger partial charge in [0.2, 0.25) is 11.8 Å². The number of aromatic nitrogens is 4. The van der Waals surface area contributed by atoms with Gasteiger partial charge in [0.15, 0.2) is 10.8 Å². The molecule has 9 heteroatoms. The number of unbranched alkanes of at least 4 members (excludes halogenated alkanes) is 3. The van der Waals surface area contributed by atoms with Crippen LogP contribution in [0.1, 0.15) is 51.1 Å². The number of likely N-dealkylation sites (tertiary alicyclic amines) is 1. The Morgan fingerprint density at radius 1 is 1.36 bits per heavy atom. The van der Waals surface area contributed by atoms with Crippen LogP contribution in [0.25, 0.3) is 10.8 Å². The molecule has 1 aliphatic heterocycles. The number of carbonyl (C=O) groups excluding carboxylic acids is 2. The number of nitrogens with zero attached hydrogens (tertiary/aromatic N) is 4. The maximum atomic E-state index is 12.7. The number of amides is 2. The fourth-order valence-corrected chi connectivity index (χ4v) is 4.16. The smallest absolute Gasteiger partial charge is 0.228 e. The van der Waals surface area contributed by atoms with Gasteiger partial charge in [0.05, 0.1) is 18.0 Å². The monoisotopic (exact) mass is 404 g/mol. The summed E-state index contributed by atoms with van der Waals surface area (Å²) in [6.07, 6.45) is 7.95. The third-order valence-electron chi connectivity index (χ3n) is 4.98. The van der Waals surface area contributed by atoms with Crippen LogP contribution in [0.3, 0.4) is 0 Å². The highest BCUT2D eigenvalue weighted by Crippen LogP contribution is 2.21. The summed E-state index contributed by atoms with van der Waals surface area (Å²) in [5.41, 5.74) is 0.726. The van der Waals surface area contributed by atoms with E-state index in [9.17, 15) is 9.59 Å². The van der Waals surface area contributed by atoms with Crippen molar-refractivity contribution in [2.75, 3.05) is 19.6 Å².